The number of nitrogens with one attached hydrogen (secondary N) is 1. The number of ether oxygens (including phenoxy) is 1. The van der Waals surface area contributed by atoms with Crippen molar-refractivity contribution in [1.82, 2.24) is 5.32 Å². The molecule has 1 atom stereocenters. The van der Waals surface area contributed by atoms with E-state index in [2.05, 4.69) is 11.4 Å². The SMILES string of the molecule is O=C(OC1CCC1)C1NCCc2ccccc21. The minimum Gasteiger partial charge on any atom is -0.461 e. The fourth-order valence-electron chi connectivity index (χ4n) is 2.44. The summed E-state index contributed by atoms with van der Waals surface area (Å²) in [5, 5.41) is 3.25. The molecule has 0 saturated heterocycles. The second-order valence-corrected chi connectivity index (χ2v) is 4.83. The quantitative estimate of drug-likeness (QED) is 0.791. The molecular formula is C14H17NO2. The summed E-state index contributed by atoms with van der Waals surface area (Å²) >= 11 is 0. The smallest absolute Gasteiger partial charge is 0.328 e. The summed E-state index contributed by atoms with van der Waals surface area (Å²) in [6, 6.07) is 7.86. The molecule has 1 heterocycles. The van der Waals surface area contributed by atoms with Crippen molar-refractivity contribution >= 4 is 5.97 Å². The van der Waals surface area contributed by atoms with Gasteiger partial charge in [0, 0.05) is 6.54 Å². The van der Waals surface area contributed by atoms with Crippen LogP contribution in [0.1, 0.15) is 36.4 Å². The monoisotopic (exact) mass is 231 g/mol. The van der Waals surface area contributed by atoms with E-state index < -0.39 is 0 Å². The molecule has 1 aliphatic carbocycles. The number of carbonyl (C=O) groups is 1. The standard InChI is InChI=1S/C14H17NO2/c16-14(17-11-5-3-6-11)13-12-7-2-1-4-10(12)8-9-15-13/h1-2,4,7,11,13,15H,3,5-6,8-9H2. The van der Waals surface area contributed by atoms with E-state index in [1.165, 1.54) is 12.0 Å². The lowest BCUT2D eigenvalue weighted by molar-refractivity contribution is -0.155. The normalized spacial score (nSPS) is 23.6. The summed E-state index contributed by atoms with van der Waals surface area (Å²) in [5.74, 6) is -0.109. The molecule has 0 bridgehead atoms. The van der Waals surface area contributed by atoms with Crippen molar-refractivity contribution < 1.29 is 9.53 Å². The second kappa shape index (κ2) is 4.49. The van der Waals surface area contributed by atoms with Crippen molar-refractivity contribution in [3.8, 4) is 0 Å². The fraction of sp³-hybridized carbons (Fsp3) is 0.500. The van der Waals surface area contributed by atoms with Crippen LogP contribution < -0.4 is 5.32 Å². The van der Waals surface area contributed by atoms with Gasteiger partial charge in [0.05, 0.1) is 0 Å². The van der Waals surface area contributed by atoms with Crippen molar-refractivity contribution in [2.75, 3.05) is 6.54 Å². The van der Waals surface area contributed by atoms with Crippen LogP contribution in [0.4, 0.5) is 0 Å². The van der Waals surface area contributed by atoms with Gasteiger partial charge in [-0.3, -0.25) is 0 Å². The first-order chi connectivity index (χ1) is 8.34. The van der Waals surface area contributed by atoms with Gasteiger partial charge in [-0.2, -0.15) is 0 Å². The first-order valence-electron chi connectivity index (χ1n) is 6.36. The van der Waals surface area contributed by atoms with Gasteiger partial charge >= 0.3 is 5.97 Å². The highest BCUT2D eigenvalue weighted by Gasteiger charge is 2.30. The first-order valence-corrected chi connectivity index (χ1v) is 6.36. The van der Waals surface area contributed by atoms with E-state index in [9.17, 15) is 4.79 Å². The predicted molar refractivity (Wildman–Crippen MR) is 64.6 cm³/mol. The Morgan fingerprint density at radius 1 is 1.29 bits per heavy atom. The van der Waals surface area contributed by atoms with E-state index in [1.807, 2.05) is 18.2 Å². The van der Waals surface area contributed by atoms with Crippen LogP contribution in [0.2, 0.25) is 0 Å². The van der Waals surface area contributed by atoms with Crippen LogP contribution in [-0.2, 0) is 16.0 Å². The number of esters is 1. The Kier molecular flexibility index (Phi) is 2.85. The Hall–Kier alpha value is -1.35. The zero-order valence-electron chi connectivity index (χ0n) is 9.82. The minimum absolute atomic E-state index is 0.109. The van der Waals surface area contributed by atoms with Gasteiger partial charge in [0.15, 0.2) is 0 Å². The molecule has 17 heavy (non-hydrogen) atoms. The van der Waals surface area contributed by atoms with Crippen LogP contribution in [0.3, 0.4) is 0 Å². The molecular weight excluding hydrogens is 214 g/mol. The van der Waals surface area contributed by atoms with Gasteiger partial charge in [0.1, 0.15) is 12.1 Å². The maximum absolute atomic E-state index is 12.1. The number of hydrogen-bond acceptors (Lipinski definition) is 3. The number of carbonyl (C=O) groups excluding carboxylic acids is 1. The van der Waals surface area contributed by atoms with E-state index in [0.717, 1.165) is 31.4 Å². The van der Waals surface area contributed by atoms with Crippen molar-refractivity contribution in [3.63, 3.8) is 0 Å². The van der Waals surface area contributed by atoms with Gasteiger partial charge in [0.25, 0.3) is 0 Å². The lowest BCUT2D eigenvalue weighted by Gasteiger charge is -2.30. The van der Waals surface area contributed by atoms with Crippen LogP contribution in [0.5, 0.6) is 0 Å². The third-order valence-corrected chi connectivity index (χ3v) is 3.68. The van der Waals surface area contributed by atoms with Gasteiger partial charge in [0.2, 0.25) is 0 Å². The topological polar surface area (TPSA) is 38.3 Å². The number of benzene rings is 1. The van der Waals surface area contributed by atoms with E-state index in [4.69, 9.17) is 4.74 Å². The molecule has 1 N–H and O–H groups in total. The molecule has 1 fully saturated rings. The molecule has 1 aliphatic heterocycles. The molecule has 3 rings (SSSR count). The lowest BCUT2D eigenvalue weighted by atomic mass is 9.93. The average molecular weight is 231 g/mol. The molecule has 0 radical (unpaired) electrons. The van der Waals surface area contributed by atoms with Crippen molar-refractivity contribution in [1.29, 1.82) is 0 Å². The van der Waals surface area contributed by atoms with Crippen LogP contribution in [0.15, 0.2) is 24.3 Å². The highest BCUT2D eigenvalue weighted by atomic mass is 16.5. The summed E-state index contributed by atoms with van der Waals surface area (Å²) in [4.78, 5) is 12.1. The summed E-state index contributed by atoms with van der Waals surface area (Å²) in [7, 11) is 0. The molecule has 1 aromatic rings. The van der Waals surface area contributed by atoms with Crippen LogP contribution >= 0.6 is 0 Å². The zero-order valence-corrected chi connectivity index (χ0v) is 9.82. The maximum Gasteiger partial charge on any atom is 0.328 e. The molecule has 1 saturated carbocycles. The molecule has 1 aromatic carbocycles. The Balaban J connectivity index is 1.77. The van der Waals surface area contributed by atoms with Gasteiger partial charge < -0.3 is 10.1 Å². The van der Waals surface area contributed by atoms with Crippen molar-refractivity contribution in [3.05, 3.63) is 35.4 Å². The van der Waals surface area contributed by atoms with E-state index in [-0.39, 0.29) is 18.1 Å². The van der Waals surface area contributed by atoms with Gasteiger partial charge in [-0.25, -0.2) is 4.79 Å². The zero-order chi connectivity index (χ0) is 11.7. The third kappa shape index (κ3) is 2.07. The molecule has 1 unspecified atom stereocenters. The summed E-state index contributed by atoms with van der Waals surface area (Å²) in [5.41, 5.74) is 2.35. The van der Waals surface area contributed by atoms with Crippen LogP contribution in [0.25, 0.3) is 0 Å². The molecule has 0 spiro atoms. The largest absolute Gasteiger partial charge is 0.461 e. The van der Waals surface area contributed by atoms with Crippen LogP contribution in [-0.4, -0.2) is 18.6 Å². The maximum atomic E-state index is 12.1. The Morgan fingerprint density at radius 3 is 2.88 bits per heavy atom. The average Bonchev–Trinajstić information content (AvgIpc) is 2.33. The summed E-state index contributed by atoms with van der Waals surface area (Å²) < 4.78 is 5.48. The van der Waals surface area contributed by atoms with E-state index in [0.29, 0.717) is 0 Å². The first kappa shape index (κ1) is 10.8. The number of hydrogen-bond donors (Lipinski definition) is 1. The van der Waals surface area contributed by atoms with Gasteiger partial charge in [-0.05, 0) is 36.8 Å². The van der Waals surface area contributed by atoms with Crippen LogP contribution in [0, 0.1) is 0 Å². The van der Waals surface area contributed by atoms with Gasteiger partial charge in [-0.1, -0.05) is 24.3 Å². The van der Waals surface area contributed by atoms with Crippen molar-refractivity contribution in [2.24, 2.45) is 0 Å². The minimum atomic E-state index is -0.263. The highest BCUT2D eigenvalue weighted by Crippen LogP contribution is 2.27. The van der Waals surface area contributed by atoms with E-state index >= 15 is 0 Å². The molecule has 0 amide bonds. The molecule has 2 aliphatic rings. The third-order valence-electron chi connectivity index (χ3n) is 3.68. The van der Waals surface area contributed by atoms with Crippen molar-refractivity contribution in [2.45, 2.75) is 37.8 Å². The Bertz CT molecular complexity index is 426. The molecule has 3 nitrogen and oxygen atoms in total. The van der Waals surface area contributed by atoms with E-state index in [1.54, 1.807) is 0 Å². The number of rotatable bonds is 2. The Morgan fingerprint density at radius 2 is 2.12 bits per heavy atom. The number of fused-ring (bicyclic) bond motifs is 1. The fourth-order valence-corrected chi connectivity index (χ4v) is 2.44. The summed E-state index contributed by atoms with van der Waals surface area (Å²) in [6.07, 6.45) is 4.40. The highest BCUT2D eigenvalue weighted by molar-refractivity contribution is 5.78. The molecule has 3 heteroatoms. The predicted octanol–water partition coefficient (Wildman–Crippen LogP) is 1.97. The second-order valence-electron chi connectivity index (χ2n) is 4.83. The Labute approximate surface area is 101 Å². The molecule has 90 valence electrons. The summed E-state index contributed by atoms with van der Waals surface area (Å²) in [6.45, 7) is 0.849. The lowest BCUT2D eigenvalue weighted by Crippen LogP contribution is -2.38. The van der Waals surface area contributed by atoms with Gasteiger partial charge in [-0.15, -0.1) is 0 Å². The molecule has 0 aromatic heterocycles.